The molecule has 1 N–H and O–H groups in total. The number of amides is 3. The minimum absolute atomic E-state index is 0.137. The summed E-state index contributed by atoms with van der Waals surface area (Å²) in [6.07, 6.45) is 3.01. The lowest BCUT2D eigenvalue weighted by Crippen LogP contribution is -2.61. The van der Waals surface area contributed by atoms with Gasteiger partial charge in [-0.3, -0.25) is 14.4 Å². The summed E-state index contributed by atoms with van der Waals surface area (Å²) in [5, 5.41) is 3.21. The molecule has 1 aliphatic rings. The van der Waals surface area contributed by atoms with Gasteiger partial charge in [0.15, 0.2) is 5.13 Å². The van der Waals surface area contributed by atoms with Gasteiger partial charge in [-0.05, 0) is 44.5 Å². The van der Waals surface area contributed by atoms with Crippen molar-refractivity contribution in [2.24, 2.45) is 0 Å². The van der Waals surface area contributed by atoms with Crippen molar-refractivity contribution in [1.29, 1.82) is 0 Å². The number of aryl methyl sites for hydroxylation is 1. The van der Waals surface area contributed by atoms with E-state index in [0.29, 0.717) is 36.1 Å². The van der Waals surface area contributed by atoms with E-state index in [1.54, 1.807) is 23.1 Å². The van der Waals surface area contributed by atoms with E-state index < -0.39 is 5.54 Å². The first-order valence-corrected chi connectivity index (χ1v) is 12.0. The van der Waals surface area contributed by atoms with Crippen LogP contribution >= 0.6 is 23.1 Å². The molecule has 2 aromatic rings. The Kier molecular flexibility index (Phi) is 7.48. The number of hydrogen-bond acceptors (Lipinski definition) is 7. The maximum absolute atomic E-state index is 13.5. The van der Waals surface area contributed by atoms with E-state index in [0.717, 1.165) is 14.7 Å². The molecule has 1 saturated heterocycles. The lowest BCUT2D eigenvalue weighted by Gasteiger charge is -2.46. The third-order valence-corrected chi connectivity index (χ3v) is 7.51. The van der Waals surface area contributed by atoms with E-state index in [-0.39, 0.29) is 17.7 Å². The Morgan fingerprint density at radius 1 is 1.30 bits per heavy atom. The van der Waals surface area contributed by atoms with Crippen molar-refractivity contribution in [3.05, 3.63) is 42.1 Å². The summed E-state index contributed by atoms with van der Waals surface area (Å²) in [6, 6.07) is 3.70. The van der Waals surface area contributed by atoms with E-state index in [9.17, 15) is 14.4 Å². The van der Waals surface area contributed by atoms with Gasteiger partial charge in [0.1, 0.15) is 5.75 Å². The topological polar surface area (TPSA) is 91.8 Å². The molecule has 176 valence electrons. The summed E-state index contributed by atoms with van der Waals surface area (Å²) in [4.78, 5) is 45.6. The Morgan fingerprint density at radius 2 is 2.03 bits per heavy atom. The number of benzene rings is 1. The van der Waals surface area contributed by atoms with E-state index in [1.165, 1.54) is 36.1 Å². The highest BCUT2D eigenvalue weighted by molar-refractivity contribution is 8.01. The van der Waals surface area contributed by atoms with Crippen molar-refractivity contribution < 1.29 is 19.1 Å². The van der Waals surface area contributed by atoms with Crippen LogP contribution in [-0.2, 0) is 9.59 Å². The minimum Gasteiger partial charge on any atom is -0.496 e. The van der Waals surface area contributed by atoms with E-state index in [1.807, 2.05) is 32.9 Å². The fourth-order valence-corrected chi connectivity index (χ4v) is 5.74. The number of nitrogens with one attached hydrogen (secondary N) is 1. The van der Waals surface area contributed by atoms with Gasteiger partial charge in [0, 0.05) is 31.5 Å². The molecule has 0 spiro atoms. The van der Waals surface area contributed by atoms with Crippen molar-refractivity contribution >= 4 is 46.0 Å². The molecule has 0 aliphatic carbocycles. The van der Waals surface area contributed by atoms with Crippen molar-refractivity contribution in [1.82, 2.24) is 14.8 Å². The van der Waals surface area contributed by atoms with E-state index in [4.69, 9.17) is 4.74 Å². The second-order valence-electron chi connectivity index (χ2n) is 8.32. The molecule has 0 unspecified atom stereocenters. The highest BCUT2D eigenvalue weighted by Gasteiger charge is 2.38. The molecule has 0 radical (unpaired) electrons. The summed E-state index contributed by atoms with van der Waals surface area (Å²) in [6.45, 7) is 12.1. The molecule has 0 bridgehead atoms. The zero-order valence-corrected chi connectivity index (χ0v) is 21.1. The molecule has 10 heteroatoms. The van der Waals surface area contributed by atoms with Crippen molar-refractivity contribution in [3.8, 4) is 5.75 Å². The van der Waals surface area contributed by atoms with Crippen LogP contribution in [0.15, 0.2) is 40.1 Å². The van der Waals surface area contributed by atoms with Crippen LogP contribution in [0.4, 0.5) is 5.13 Å². The fourth-order valence-electron chi connectivity index (χ4n) is 3.75. The van der Waals surface area contributed by atoms with E-state index >= 15 is 0 Å². The molecule has 1 fully saturated rings. The number of thiazole rings is 1. The largest absolute Gasteiger partial charge is 0.496 e. The van der Waals surface area contributed by atoms with Crippen molar-refractivity contribution in [3.63, 3.8) is 0 Å². The first-order valence-electron chi connectivity index (χ1n) is 10.4. The van der Waals surface area contributed by atoms with Crippen LogP contribution < -0.4 is 10.1 Å². The van der Waals surface area contributed by atoms with Gasteiger partial charge < -0.3 is 19.9 Å². The van der Waals surface area contributed by atoms with Crippen LogP contribution in [0.1, 0.15) is 36.7 Å². The maximum Gasteiger partial charge on any atom is 0.257 e. The first-order chi connectivity index (χ1) is 15.6. The lowest BCUT2D eigenvalue weighted by molar-refractivity contribution is -0.134. The summed E-state index contributed by atoms with van der Waals surface area (Å²) in [5.41, 5.74) is 0.915. The van der Waals surface area contributed by atoms with Crippen LogP contribution in [0.25, 0.3) is 0 Å². The van der Waals surface area contributed by atoms with Gasteiger partial charge in [0.05, 0.1) is 28.6 Å². The number of rotatable bonds is 6. The molecule has 1 aromatic heterocycles. The standard InChI is InChI=1S/C23H28N4O4S2/c1-7-19(29)27-9-8-26(13-23(27,4)5)21(30)16-11-18(14(2)10-17(16)31-6)32-20-12-24-22(33-20)25-15(3)28/h7,10-12H,1,8-9,13H2,2-6H3,(H,24,25,28). The molecular weight excluding hydrogens is 460 g/mol. The smallest absolute Gasteiger partial charge is 0.257 e. The van der Waals surface area contributed by atoms with E-state index in [2.05, 4.69) is 16.9 Å². The fraction of sp³-hybridized carbons (Fsp3) is 0.391. The highest BCUT2D eigenvalue weighted by atomic mass is 32.2. The van der Waals surface area contributed by atoms with Gasteiger partial charge >= 0.3 is 0 Å². The molecule has 3 amide bonds. The number of carbonyl (C=O) groups is 3. The lowest BCUT2D eigenvalue weighted by atomic mass is 9.97. The zero-order chi connectivity index (χ0) is 24.3. The number of aromatic nitrogens is 1. The Hall–Kier alpha value is -2.85. The average molecular weight is 489 g/mol. The Bertz CT molecular complexity index is 1100. The SMILES string of the molecule is C=CC(=O)N1CCN(C(=O)c2cc(Sc3cnc(NC(C)=O)s3)c(C)cc2OC)CC1(C)C. The minimum atomic E-state index is -0.516. The molecule has 33 heavy (non-hydrogen) atoms. The van der Waals surface area contributed by atoms with Crippen molar-refractivity contribution in [2.75, 3.05) is 32.1 Å². The number of piperazine rings is 1. The normalized spacial score (nSPS) is 15.2. The van der Waals surface area contributed by atoms with Gasteiger partial charge in [-0.2, -0.15) is 0 Å². The van der Waals surface area contributed by atoms with Crippen LogP contribution in [0.5, 0.6) is 5.75 Å². The monoisotopic (exact) mass is 488 g/mol. The number of nitrogens with zero attached hydrogens (tertiary/aromatic N) is 3. The van der Waals surface area contributed by atoms with Crippen LogP contribution in [-0.4, -0.2) is 64.8 Å². The quantitative estimate of drug-likeness (QED) is 0.622. The third-order valence-electron chi connectivity index (χ3n) is 5.34. The number of anilines is 1. The van der Waals surface area contributed by atoms with Gasteiger partial charge in [-0.1, -0.05) is 29.7 Å². The van der Waals surface area contributed by atoms with Crippen molar-refractivity contribution in [2.45, 2.75) is 42.3 Å². The van der Waals surface area contributed by atoms with Crippen LogP contribution in [0, 0.1) is 6.92 Å². The highest BCUT2D eigenvalue weighted by Crippen LogP contribution is 2.38. The first kappa shape index (κ1) is 24.8. The Labute approximate surface area is 202 Å². The molecule has 1 aromatic carbocycles. The van der Waals surface area contributed by atoms with Gasteiger partial charge in [-0.15, -0.1) is 0 Å². The molecule has 1 aliphatic heterocycles. The predicted octanol–water partition coefficient (Wildman–Crippen LogP) is 3.82. The molecule has 2 heterocycles. The molecule has 0 saturated carbocycles. The Balaban J connectivity index is 1.86. The summed E-state index contributed by atoms with van der Waals surface area (Å²) in [7, 11) is 1.55. The third kappa shape index (κ3) is 5.56. The van der Waals surface area contributed by atoms with Crippen LogP contribution in [0.3, 0.4) is 0 Å². The number of hydrogen-bond donors (Lipinski definition) is 1. The second-order valence-corrected chi connectivity index (χ2v) is 10.7. The number of carbonyl (C=O) groups excluding carboxylic acids is 3. The van der Waals surface area contributed by atoms with Gasteiger partial charge in [0.2, 0.25) is 11.8 Å². The number of ether oxygens (including phenoxy) is 1. The molecular formula is C23H28N4O4S2. The molecule has 0 atom stereocenters. The summed E-state index contributed by atoms with van der Waals surface area (Å²) >= 11 is 2.85. The van der Waals surface area contributed by atoms with Gasteiger partial charge in [0.25, 0.3) is 5.91 Å². The predicted molar refractivity (Wildman–Crippen MR) is 130 cm³/mol. The second kappa shape index (κ2) is 9.96. The molecule has 3 rings (SSSR count). The Morgan fingerprint density at radius 3 is 2.64 bits per heavy atom. The zero-order valence-electron chi connectivity index (χ0n) is 19.4. The maximum atomic E-state index is 13.5. The average Bonchev–Trinajstić information content (AvgIpc) is 3.19. The molecule has 8 nitrogen and oxygen atoms in total. The van der Waals surface area contributed by atoms with Gasteiger partial charge in [-0.25, -0.2) is 4.98 Å². The number of methoxy groups -OCH3 is 1. The summed E-state index contributed by atoms with van der Waals surface area (Å²) < 4.78 is 6.42. The van der Waals surface area contributed by atoms with Crippen LogP contribution in [0.2, 0.25) is 0 Å². The summed E-state index contributed by atoms with van der Waals surface area (Å²) in [5.74, 6) is 0.0531.